The van der Waals surface area contributed by atoms with Crippen LogP contribution >= 0.6 is 0 Å². The van der Waals surface area contributed by atoms with Gasteiger partial charge in [-0.1, -0.05) is 25.1 Å². The minimum atomic E-state index is -0.0987. The number of hydrogen-bond donors (Lipinski definition) is 1. The zero-order valence-electron chi connectivity index (χ0n) is 18.7. The van der Waals surface area contributed by atoms with Gasteiger partial charge in [0.2, 0.25) is 0 Å². The zero-order chi connectivity index (χ0) is 21.8. The predicted molar refractivity (Wildman–Crippen MR) is 122 cm³/mol. The first-order valence-electron chi connectivity index (χ1n) is 11.2. The third-order valence-corrected chi connectivity index (χ3v) is 6.10. The monoisotopic (exact) mass is 420 g/mol. The minimum Gasteiger partial charge on any atom is -0.486 e. The number of rotatable bonds is 7. The summed E-state index contributed by atoms with van der Waals surface area (Å²) < 4.78 is 8.00. The van der Waals surface area contributed by atoms with Gasteiger partial charge in [-0.25, -0.2) is 4.98 Å². The Kier molecular flexibility index (Phi) is 6.56. The fourth-order valence-electron chi connectivity index (χ4n) is 4.30. The lowest BCUT2D eigenvalue weighted by molar-refractivity contribution is 0.0913. The number of likely N-dealkylation sites (tertiary alicyclic amines) is 1. The standard InChI is InChI=1S/C25H32N4O2/c1-18-8-6-12-28(15-18)20(3)14-26-25(30)22-10-4-5-11-23(22)31-17-21-16-29-13-7-9-19(2)24(29)27-21/h4-5,7,9-11,13,16,18,20H,6,8,12,14-15,17H2,1-3H3,(H,26,30). The third-order valence-electron chi connectivity index (χ3n) is 6.10. The van der Waals surface area contributed by atoms with Crippen molar-refractivity contribution in [2.75, 3.05) is 19.6 Å². The first-order valence-corrected chi connectivity index (χ1v) is 11.2. The van der Waals surface area contributed by atoms with Crippen molar-refractivity contribution in [2.45, 2.75) is 46.3 Å². The van der Waals surface area contributed by atoms with Crippen molar-refractivity contribution in [1.29, 1.82) is 0 Å². The molecule has 1 aliphatic heterocycles. The smallest absolute Gasteiger partial charge is 0.255 e. The molecule has 1 amide bonds. The summed E-state index contributed by atoms with van der Waals surface area (Å²) in [6.07, 6.45) is 6.47. The molecule has 1 fully saturated rings. The highest BCUT2D eigenvalue weighted by molar-refractivity contribution is 5.96. The Bertz CT molecular complexity index is 1040. The molecule has 3 aromatic rings. The van der Waals surface area contributed by atoms with Crippen LogP contribution in [0.5, 0.6) is 5.75 Å². The number of fused-ring (bicyclic) bond motifs is 1. The molecule has 4 rings (SSSR count). The maximum Gasteiger partial charge on any atom is 0.255 e. The number of benzene rings is 1. The van der Waals surface area contributed by atoms with Gasteiger partial charge in [-0.15, -0.1) is 0 Å². The summed E-state index contributed by atoms with van der Waals surface area (Å²) in [7, 11) is 0. The van der Waals surface area contributed by atoms with Crippen LogP contribution in [0.4, 0.5) is 0 Å². The number of nitrogens with zero attached hydrogens (tertiary/aromatic N) is 3. The average Bonchev–Trinajstić information content (AvgIpc) is 3.20. The fourth-order valence-corrected chi connectivity index (χ4v) is 4.30. The molecule has 31 heavy (non-hydrogen) atoms. The van der Waals surface area contributed by atoms with E-state index in [4.69, 9.17) is 4.74 Å². The van der Waals surface area contributed by atoms with Gasteiger partial charge in [0.1, 0.15) is 18.0 Å². The van der Waals surface area contributed by atoms with Gasteiger partial charge in [-0.2, -0.15) is 0 Å². The Morgan fingerprint density at radius 1 is 1.29 bits per heavy atom. The number of imidazole rings is 1. The summed E-state index contributed by atoms with van der Waals surface area (Å²) in [4.78, 5) is 20.0. The van der Waals surface area contributed by atoms with Crippen LogP contribution in [-0.2, 0) is 6.61 Å². The molecule has 0 radical (unpaired) electrons. The van der Waals surface area contributed by atoms with Gasteiger partial charge >= 0.3 is 0 Å². The van der Waals surface area contributed by atoms with Crippen LogP contribution in [0.3, 0.4) is 0 Å². The number of carbonyl (C=O) groups is 1. The molecule has 1 aromatic carbocycles. The Hall–Kier alpha value is -2.86. The normalized spacial score (nSPS) is 18.1. The van der Waals surface area contributed by atoms with E-state index in [9.17, 15) is 4.79 Å². The summed E-state index contributed by atoms with van der Waals surface area (Å²) in [5.74, 6) is 1.20. The molecule has 0 spiro atoms. The van der Waals surface area contributed by atoms with Gasteiger partial charge in [-0.3, -0.25) is 9.69 Å². The molecule has 1 saturated heterocycles. The molecule has 3 heterocycles. The van der Waals surface area contributed by atoms with Gasteiger partial charge in [0, 0.05) is 31.5 Å². The number of aryl methyl sites for hydroxylation is 1. The second kappa shape index (κ2) is 9.52. The van der Waals surface area contributed by atoms with Crippen LogP contribution in [0.2, 0.25) is 0 Å². The molecule has 6 nitrogen and oxygen atoms in total. The maximum absolute atomic E-state index is 12.9. The van der Waals surface area contributed by atoms with E-state index in [0.29, 0.717) is 30.5 Å². The third kappa shape index (κ3) is 5.07. The van der Waals surface area contributed by atoms with Crippen molar-refractivity contribution in [3.05, 3.63) is 65.6 Å². The lowest BCUT2D eigenvalue weighted by atomic mass is 9.99. The maximum atomic E-state index is 12.9. The van der Waals surface area contributed by atoms with E-state index >= 15 is 0 Å². The van der Waals surface area contributed by atoms with Crippen LogP contribution < -0.4 is 10.1 Å². The fraction of sp³-hybridized carbons (Fsp3) is 0.440. The Balaban J connectivity index is 1.38. The van der Waals surface area contributed by atoms with Crippen LogP contribution in [0.25, 0.3) is 5.65 Å². The van der Waals surface area contributed by atoms with Crippen LogP contribution in [0, 0.1) is 12.8 Å². The number of piperidine rings is 1. The lowest BCUT2D eigenvalue weighted by Gasteiger charge is -2.35. The SMILES string of the molecule is Cc1cccn2cc(COc3ccccc3C(=O)NCC(C)N3CCCC(C)C3)nc12. The molecule has 0 aliphatic carbocycles. The van der Waals surface area contributed by atoms with Gasteiger partial charge in [0.25, 0.3) is 5.91 Å². The molecular weight excluding hydrogens is 388 g/mol. The van der Waals surface area contributed by atoms with E-state index in [1.165, 1.54) is 12.8 Å². The van der Waals surface area contributed by atoms with Gasteiger partial charge in [0.15, 0.2) is 0 Å². The number of pyridine rings is 1. The van der Waals surface area contributed by atoms with Crippen LogP contribution in [0.1, 0.15) is 48.3 Å². The van der Waals surface area contributed by atoms with Crippen LogP contribution in [0.15, 0.2) is 48.8 Å². The van der Waals surface area contributed by atoms with Crippen molar-refractivity contribution in [3.8, 4) is 5.75 Å². The van der Waals surface area contributed by atoms with Crippen molar-refractivity contribution >= 4 is 11.6 Å². The highest BCUT2D eigenvalue weighted by Gasteiger charge is 2.22. The predicted octanol–water partition coefficient (Wildman–Crippen LogP) is 4.07. The second-order valence-electron chi connectivity index (χ2n) is 8.74. The van der Waals surface area contributed by atoms with E-state index in [-0.39, 0.29) is 5.91 Å². The van der Waals surface area contributed by atoms with Crippen molar-refractivity contribution < 1.29 is 9.53 Å². The topological polar surface area (TPSA) is 58.9 Å². The van der Waals surface area contributed by atoms with E-state index < -0.39 is 0 Å². The Morgan fingerprint density at radius 3 is 2.94 bits per heavy atom. The van der Waals surface area contributed by atoms with Gasteiger partial charge in [-0.05, 0) is 62.9 Å². The molecule has 6 heteroatoms. The van der Waals surface area contributed by atoms with Crippen molar-refractivity contribution in [3.63, 3.8) is 0 Å². The van der Waals surface area contributed by atoms with Gasteiger partial charge < -0.3 is 14.5 Å². The number of carbonyl (C=O) groups excluding carboxylic acids is 1. The average molecular weight is 421 g/mol. The first kappa shape index (κ1) is 21.4. The number of hydrogen-bond acceptors (Lipinski definition) is 4. The number of aromatic nitrogens is 2. The number of nitrogens with one attached hydrogen (secondary N) is 1. The lowest BCUT2D eigenvalue weighted by Crippen LogP contribution is -2.46. The molecule has 164 valence electrons. The molecule has 2 unspecified atom stereocenters. The largest absolute Gasteiger partial charge is 0.486 e. The molecule has 2 aromatic heterocycles. The summed E-state index contributed by atoms with van der Waals surface area (Å²) in [6.45, 7) is 9.69. The molecule has 1 aliphatic rings. The highest BCUT2D eigenvalue weighted by atomic mass is 16.5. The Labute approximate surface area is 184 Å². The zero-order valence-corrected chi connectivity index (χ0v) is 18.7. The van der Waals surface area contributed by atoms with Crippen LogP contribution in [-0.4, -0.2) is 45.9 Å². The van der Waals surface area contributed by atoms with E-state index in [2.05, 4.69) is 29.0 Å². The summed E-state index contributed by atoms with van der Waals surface area (Å²) >= 11 is 0. The molecule has 0 saturated carbocycles. The molecular formula is C25H32N4O2. The number of ether oxygens (including phenoxy) is 1. The number of para-hydroxylation sites is 1. The summed E-state index contributed by atoms with van der Waals surface area (Å²) in [5, 5.41) is 3.10. The highest BCUT2D eigenvalue weighted by Crippen LogP contribution is 2.21. The Morgan fingerprint density at radius 2 is 2.13 bits per heavy atom. The summed E-state index contributed by atoms with van der Waals surface area (Å²) in [6, 6.07) is 11.8. The molecule has 2 atom stereocenters. The molecule has 1 N–H and O–H groups in total. The van der Waals surface area contributed by atoms with Gasteiger partial charge in [0.05, 0.1) is 11.3 Å². The first-order chi connectivity index (χ1) is 15.0. The molecule has 0 bridgehead atoms. The summed E-state index contributed by atoms with van der Waals surface area (Å²) in [5.41, 5.74) is 3.43. The minimum absolute atomic E-state index is 0.0987. The quantitative estimate of drug-likeness (QED) is 0.626. The van der Waals surface area contributed by atoms with Crippen molar-refractivity contribution in [1.82, 2.24) is 19.6 Å². The van der Waals surface area contributed by atoms with E-state index in [1.807, 2.05) is 60.1 Å². The second-order valence-corrected chi connectivity index (χ2v) is 8.74. The van der Waals surface area contributed by atoms with E-state index in [0.717, 1.165) is 35.9 Å². The number of amides is 1. The van der Waals surface area contributed by atoms with Crippen molar-refractivity contribution in [2.24, 2.45) is 5.92 Å². The van der Waals surface area contributed by atoms with E-state index in [1.54, 1.807) is 0 Å².